The maximum Gasteiger partial charge on any atom is 0.138 e. The van der Waals surface area contributed by atoms with Crippen LogP contribution in [0.15, 0.2) is 28.1 Å². The van der Waals surface area contributed by atoms with Gasteiger partial charge in [0.1, 0.15) is 5.75 Å². The SMILES string of the molecule is COc1c(Br)cc(Cl)cc1C(N)c1csc(I)c1. The second-order valence-electron chi connectivity index (χ2n) is 3.67. The summed E-state index contributed by atoms with van der Waals surface area (Å²) in [5, 5.41) is 2.69. The lowest BCUT2D eigenvalue weighted by Crippen LogP contribution is -2.12. The van der Waals surface area contributed by atoms with Gasteiger partial charge < -0.3 is 10.5 Å². The van der Waals surface area contributed by atoms with Crippen LogP contribution in [-0.4, -0.2) is 7.11 Å². The molecule has 18 heavy (non-hydrogen) atoms. The minimum Gasteiger partial charge on any atom is -0.495 e. The molecule has 0 bridgehead atoms. The average molecular weight is 459 g/mol. The molecule has 6 heteroatoms. The van der Waals surface area contributed by atoms with Gasteiger partial charge >= 0.3 is 0 Å². The largest absolute Gasteiger partial charge is 0.495 e. The fourth-order valence-corrected chi connectivity index (χ4v) is 4.10. The van der Waals surface area contributed by atoms with Crippen LogP contribution >= 0.6 is 61.5 Å². The van der Waals surface area contributed by atoms with Crippen molar-refractivity contribution in [1.82, 2.24) is 0 Å². The zero-order valence-corrected chi connectivity index (χ0v) is 14.7. The van der Waals surface area contributed by atoms with Gasteiger partial charge in [0.05, 0.1) is 20.5 Å². The summed E-state index contributed by atoms with van der Waals surface area (Å²) in [4.78, 5) is 0. The van der Waals surface area contributed by atoms with Crippen LogP contribution < -0.4 is 10.5 Å². The Morgan fingerprint density at radius 1 is 1.44 bits per heavy atom. The average Bonchev–Trinajstić information content (AvgIpc) is 2.74. The van der Waals surface area contributed by atoms with Crippen LogP contribution in [0, 0.1) is 2.88 Å². The number of rotatable bonds is 3. The molecule has 0 aliphatic carbocycles. The Bertz CT molecular complexity index is 575. The van der Waals surface area contributed by atoms with Gasteiger partial charge in [0, 0.05) is 10.6 Å². The lowest BCUT2D eigenvalue weighted by Gasteiger charge is -2.16. The van der Waals surface area contributed by atoms with Gasteiger partial charge in [0.25, 0.3) is 0 Å². The molecule has 2 nitrogen and oxygen atoms in total. The van der Waals surface area contributed by atoms with E-state index in [0.717, 1.165) is 21.3 Å². The minimum absolute atomic E-state index is 0.241. The predicted octanol–water partition coefficient (Wildman–Crippen LogP) is 4.83. The Labute approximate surface area is 137 Å². The van der Waals surface area contributed by atoms with Crippen LogP contribution in [-0.2, 0) is 0 Å². The van der Waals surface area contributed by atoms with Crippen molar-refractivity contribution in [2.75, 3.05) is 7.11 Å². The lowest BCUT2D eigenvalue weighted by atomic mass is 10.0. The van der Waals surface area contributed by atoms with Crippen molar-refractivity contribution in [2.24, 2.45) is 5.73 Å². The van der Waals surface area contributed by atoms with E-state index in [-0.39, 0.29) is 6.04 Å². The molecule has 2 rings (SSSR count). The van der Waals surface area contributed by atoms with Crippen molar-refractivity contribution in [2.45, 2.75) is 6.04 Å². The zero-order chi connectivity index (χ0) is 13.3. The van der Waals surface area contributed by atoms with Crippen molar-refractivity contribution in [1.29, 1.82) is 0 Å². The van der Waals surface area contributed by atoms with Crippen molar-refractivity contribution in [3.8, 4) is 5.75 Å². The number of thiophene rings is 1. The summed E-state index contributed by atoms with van der Waals surface area (Å²) in [6, 6.07) is 5.48. The third-order valence-corrected chi connectivity index (χ3v) is 5.14. The lowest BCUT2D eigenvalue weighted by molar-refractivity contribution is 0.405. The molecular formula is C12H10BrClINOS. The van der Waals surface area contributed by atoms with Gasteiger partial charge in [-0.15, -0.1) is 11.3 Å². The highest BCUT2D eigenvalue weighted by Gasteiger charge is 2.18. The summed E-state index contributed by atoms with van der Waals surface area (Å²) in [6.45, 7) is 0. The zero-order valence-electron chi connectivity index (χ0n) is 9.41. The first-order valence-corrected chi connectivity index (χ1v) is 8.18. The van der Waals surface area contributed by atoms with Crippen LogP contribution in [0.4, 0.5) is 0 Å². The molecule has 1 aromatic heterocycles. The van der Waals surface area contributed by atoms with Gasteiger partial charge in [-0.2, -0.15) is 0 Å². The van der Waals surface area contributed by atoms with E-state index in [1.54, 1.807) is 24.5 Å². The monoisotopic (exact) mass is 457 g/mol. The molecule has 2 N–H and O–H groups in total. The smallest absolute Gasteiger partial charge is 0.138 e. The summed E-state index contributed by atoms with van der Waals surface area (Å²) in [6.07, 6.45) is 0. The van der Waals surface area contributed by atoms with E-state index in [4.69, 9.17) is 22.1 Å². The molecule has 1 atom stereocenters. The van der Waals surface area contributed by atoms with E-state index in [1.807, 2.05) is 6.07 Å². The first-order valence-electron chi connectivity index (χ1n) is 5.05. The Kier molecular flexibility index (Phi) is 4.93. The minimum atomic E-state index is -0.241. The molecule has 96 valence electrons. The van der Waals surface area contributed by atoms with E-state index < -0.39 is 0 Å². The van der Waals surface area contributed by atoms with Gasteiger partial charge in [0.2, 0.25) is 0 Å². The molecule has 0 spiro atoms. The second kappa shape index (κ2) is 6.09. The second-order valence-corrected chi connectivity index (χ2v) is 7.77. The quantitative estimate of drug-likeness (QED) is 0.669. The summed E-state index contributed by atoms with van der Waals surface area (Å²) in [5.74, 6) is 0.730. The topological polar surface area (TPSA) is 35.2 Å². The van der Waals surface area contributed by atoms with E-state index in [0.29, 0.717) is 5.02 Å². The molecule has 1 unspecified atom stereocenters. The van der Waals surface area contributed by atoms with Crippen LogP contribution in [0.25, 0.3) is 0 Å². The van der Waals surface area contributed by atoms with Gasteiger partial charge in [-0.05, 0) is 67.7 Å². The first-order chi connectivity index (χ1) is 8.52. The molecule has 0 saturated carbocycles. The molecule has 0 radical (unpaired) electrons. The maximum absolute atomic E-state index is 6.29. The van der Waals surface area contributed by atoms with Crippen molar-refractivity contribution in [3.63, 3.8) is 0 Å². The number of nitrogens with two attached hydrogens (primary N) is 1. The Morgan fingerprint density at radius 2 is 2.17 bits per heavy atom. The number of hydrogen-bond donors (Lipinski definition) is 1. The molecule has 0 aliphatic heterocycles. The van der Waals surface area contributed by atoms with E-state index in [9.17, 15) is 0 Å². The standard InChI is InChI=1S/C12H10BrClINOS/c1-17-12-8(3-7(14)4-9(12)13)11(16)6-2-10(15)18-5-6/h2-5,11H,16H2,1H3. The predicted molar refractivity (Wildman–Crippen MR) is 88.8 cm³/mol. The molecule has 1 heterocycles. The number of ether oxygens (including phenoxy) is 1. The van der Waals surface area contributed by atoms with Crippen molar-refractivity contribution >= 4 is 61.5 Å². The third-order valence-electron chi connectivity index (χ3n) is 2.52. The number of benzene rings is 1. The van der Waals surface area contributed by atoms with Crippen LogP contribution in [0.2, 0.25) is 5.02 Å². The van der Waals surface area contributed by atoms with Gasteiger partial charge in [0.15, 0.2) is 0 Å². The summed E-state index contributed by atoms with van der Waals surface area (Å²) in [7, 11) is 1.63. The van der Waals surface area contributed by atoms with Crippen molar-refractivity contribution in [3.05, 3.63) is 47.1 Å². The normalized spacial score (nSPS) is 12.5. The van der Waals surface area contributed by atoms with Crippen LogP contribution in [0.5, 0.6) is 5.75 Å². The number of halogens is 3. The highest BCUT2D eigenvalue weighted by Crippen LogP contribution is 2.38. The molecule has 2 aromatic rings. The summed E-state index contributed by atoms with van der Waals surface area (Å²) < 4.78 is 7.42. The van der Waals surface area contributed by atoms with E-state index >= 15 is 0 Å². The Morgan fingerprint density at radius 3 is 2.72 bits per heavy atom. The van der Waals surface area contributed by atoms with Gasteiger partial charge in [-0.1, -0.05) is 11.6 Å². The third kappa shape index (κ3) is 3.01. The number of methoxy groups -OCH3 is 1. The molecule has 0 aliphatic rings. The van der Waals surface area contributed by atoms with E-state index in [2.05, 4.69) is 50.0 Å². The summed E-state index contributed by atoms with van der Waals surface area (Å²) >= 11 is 13.5. The first kappa shape index (κ1) is 14.6. The van der Waals surface area contributed by atoms with Crippen LogP contribution in [0.1, 0.15) is 17.2 Å². The maximum atomic E-state index is 6.29. The van der Waals surface area contributed by atoms with Gasteiger partial charge in [-0.25, -0.2) is 0 Å². The Hall–Kier alpha value is 0.180. The Balaban J connectivity index is 2.49. The van der Waals surface area contributed by atoms with Crippen molar-refractivity contribution < 1.29 is 4.74 Å². The van der Waals surface area contributed by atoms with E-state index in [1.165, 1.54) is 2.88 Å². The number of hydrogen-bond acceptors (Lipinski definition) is 3. The molecule has 1 aromatic carbocycles. The molecule has 0 saturated heterocycles. The molecule has 0 amide bonds. The van der Waals surface area contributed by atoms with Gasteiger partial charge in [-0.3, -0.25) is 0 Å². The fourth-order valence-electron chi connectivity index (χ4n) is 1.69. The van der Waals surface area contributed by atoms with Crippen LogP contribution in [0.3, 0.4) is 0 Å². The molecule has 0 fully saturated rings. The highest BCUT2D eigenvalue weighted by molar-refractivity contribution is 14.1. The fraction of sp³-hybridized carbons (Fsp3) is 0.167. The molecular weight excluding hydrogens is 448 g/mol. The highest BCUT2D eigenvalue weighted by atomic mass is 127. The summed E-state index contributed by atoms with van der Waals surface area (Å²) in [5.41, 5.74) is 8.23.